The van der Waals surface area contributed by atoms with Crippen LogP contribution in [0, 0.1) is 0 Å². The third-order valence-corrected chi connectivity index (χ3v) is 2.91. The largest absolute Gasteiger partial charge is 0.486 e. The van der Waals surface area contributed by atoms with Crippen molar-refractivity contribution >= 4 is 20.2 Å². The molecule has 1 atom stereocenters. The number of oxazole rings is 1. The van der Waals surface area contributed by atoms with Gasteiger partial charge in [-0.3, -0.25) is 0 Å². The second-order valence-corrected chi connectivity index (χ2v) is 4.43. The Labute approximate surface area is 106 Å². The SMILES string of the molecule is CPc1ncc(COc2ccc(C(=O)O)cc2)o1. The normalized spacial score (nSPS) is 10.9. The summed E-state index contributed by atoms with van der Waals surface area (Å²) in [7, 11) is 0.519. The maximum absolute atomic E-state index is 10.7. The van der Waals surface area contributed by atoms with Crippen molar-refractivity contribution in [2.75, 3.05) is 6.66 Å². The summed E-state index contributed by atoms with van der Waals surface area (Å²) in [5, 5.41) is 8.75. The van der Waals surface area contributed by atoms with E-state index in [0.717, 1.165) is 0 Å². The highest BCUT2D eigenvalue weighted by atomic mass is 31.1. The van der Waals surface area contributed by atoms with Gasteiger partial charge >= 0.3 is 5.97 Å². The first-order valence-electron chi connectivity index (χ1n) is 5.27. The first-order chi connectivity index (χ1) is 8.69. The zero-order chi connectivity index (χ0) is 13.0. The van der Waals surface area contributed by atoms with Crippen LogP contribution in [0.25, 0.3) is 0 Å². The fourth-order valence-electron chi connectivity index (χ4n) is 1.34. The molecule has 5 nitrogen and oxygen atoms in total. The van der Waals surface area contributed by atoms with Crippen molar-refractivity contribution in [2.45, 2.75) is 6.61 Å². The summed E-state index contributed by atoms with van der Waals surface area (Å²) in [6.45, 7) is 2.27. The maximum Gasteiger partial charge on any atom is 0.335 e. The lowest BCUT2D eigenvalue weighted by Gasteiger charge is -2.03. The van der Waals surface area contributed by atoms with E-state index in [1.807, 2.05) is 6.66 Å². The molecule has 0 aliphatic rings. The molecule has 94 valence electrons. The van der Waals surface area contributed by atoms with Crippen molar-refractivity contribution < 1.29 is 19.1 Å². The molecule has 18 heavy (non-hydrogen) atoms. The molecule has 0 saturated carbocycles. The number of rotatable bonds is 5. The van der Waals surface area contributed by atoms with Gasteiger partial charge in [-0.15, -0.1) is 0 Å². The van der Waals surface area contributed by atoms with Crippen LogP contribution in [0.5, 0.6) is 5.75 Å². The molecule has 0 fully saturated rings. The Morgan fingerprint density at radius 1 is 1.44 bits per heavy atom. The Hall–Kier alpha value is -1.87. The molecule has 0 bridgehead atoms. The van der Waals surface area contributed by atoms with Gasteiger partial charge in [0.2, 0.25) is 5.63 Å². The molecule has 0 aliphatic heterocycles. The molecule has 6 heteroatoms. The Morgan fingerprint density at radius 2 is 2.17 bits per heavy atom. The molecule has 0 spiro atoms. The second-order valence-electron chi connectivity index (χ2n) is 3.50. The van der Waals surface area contributed by atoms with Gasteiger partial charge in [-0.25, -0.2) is 9.78 Å². The molecule has 0 saturated heterocycles. The zero-order valence-corrected chi connectivity index (χ0v) is 10.7. The Bertz CT molecular complexity index is 535. The van der Waals surface area contributed by atoms with E-state index in [2.05, 4.69) is 4.98 Å². The van der Waals surface area contributed by atoms with Crippen molar-refractivity contribution in [2.24, 2.45) is 0 Å². The van der Waals surface area contributed by atoms with Crippen LogP contribution in [-0.2, 0) is 6.61 Å². The minimum absolute atomic E-state index is 0.233. The van der Waals surface area contributed by atoms with Crippen molar-refractivity contribution in [3.8, 4) is 5.75 Å². The highest BCUT2D eigenvalue weighted by molar-refractivity contribution is 7.45. The summed E-state index contributed by atoms with van der Waals surface area (Å²) in [5.74, 6) is 0.295. The van der Waals surface area contributed by atoms with Crippen molar-refractivity contribution in [3.05, 3.63) is 41.8 Å². The number of nitrogens with zero attached hydrogens (tertiary/aromatic N) is 1. The number of benzene rings is 1. The van der Waals surface area contributed by atoms with Gasteiger partial charge in [-0.1, -0.05) is 0 Å². The summed E-state index contributed by atoms with van der Waals surface area (Å²) in [5.41, 5.74) is 0.936. The molecule has 1 aromatic carbocycles. The van der Waals surface area contributed by atoms with Gasteiger partial charge in [0.15, 0.2) is 5.76 Å². The van der Waals surface area contributed by atoms with Crippen molar-refractivity contribution in [3.63, 3.8) is 0 Å². The van der Waals surface area contributed by atoms with E-state index in [4.69, 9.17) is 14.3 Å². The third-order valence-electron chi connectivity index (χ3n) is 2.25. The fourth-order valence-corrected chi connectivity index (χ4v) is 1.76. The van der Waals surface area contributed by atoms with E-state index < -0.39 is 5.97 Å². The lowest BCUT2D eigenvalue weighted by Crippen LogP contribution is -1.97. The number of hydrogen-bond acceptors (Lipinski definition) is 4. The standard InChI is InChI=1S/C12H12NO4P/c1-18-12-13-6-10(17-12)7-16-9-4-2-8(3-5-9)11(14)15/h2-6,18H,7H2,1H3,(H,14,15). The molecule has 1 aromatic heterocycles. The fraction of sp³-hybridized carbons (Fsp3) is 0.167. The quantitative estimate of drug-likeness (QED) is 0.836. The molecule has 0 radical (unpaired) electrons. The average molecular weight is 265 g/mol. The minimum atomic E-state index is -0.953. The van der Waals surface area contributed by atoms with Gasteiger partial charge in [-0.2, -0.15) is 0 Å². The number of aromatic nitrogens is 1. The van der Waals surface area contributed by atoms with E-state index in [9.17, 15) is 4.79 Å². The number of carboxylic acid groups (broad SMARTS) is 1. The van der Waals surface area contributed by atoms with Crippen LogP contribution in [0.15, 0.2) is 34.9 Å². The van der Waals surface area contributed by atoms with E-state index in [-0.39, 0.29) is 12.2 Å². The summed E-state index contributed by atoms with van der Waals surface area (Å²) in [6.07, 6.45) is 1.64. The van der Waals surface area contributed by atoms with Gasteiger partial charge in [0.1, 0.15) is 12.4 Å². The minimum Gasteiger partial charge on any atom is -0.486 e. The predicted octanol–water partition coefficient (Wildman–Crippen LogP) is 1.89. The van der Waals surface area contributed by atoms with E-state index in [0.29, 0.717) is 25.7 Å². The maximum atomic E-state index is 10.7. The summed E-state index contributed by atoms with van der Waals surface area (Å²) in [6, 6.07) is 6.22. The van der Waals surface area contributed by atoms with Crippen LogP contribution in [0.3, 0.4) is 0 Å². The molecule has 2 aromatic rings. The van der Waals surface area contributed by atoms with Crippen LogP contribution < -0.4 is 10.4 Å². The predicted molar refractivity (Wildman–Crippen MR) is 68.1 cm³/mol. The number of aromatic carboxylic acids is 1. The van der Waals surface area contributed by atoms with Gasteiger partial charge in [0.25, 0.3) is 0 Å². The van der Waals surface area contributed by atoms with Crippen LogP contribution in [0.2, 0.25) is 0 Å². The topological polar surface area (TPSA) is 72.6 Å². The molecule has 0 amide bonds. The van der Waals surface area contributed by atoms with E-state index >= 15 is 0 Å². The highest BCUT2D eigenvalue weighted by Gasteiger charge is 2.05. The number of ether oxygens (including phenoxy) is 1. The lowest BCUT2D eigenvalue weighted by atomic mass is 10.2. The first-order valence-corrected chi connectivity index (χ1v) is 6.77. The van der Waals surface area contributed by atoms with Gasteiger partial charge in [-0.05, 0) is 39.5 Å². The molecule has 0 aliphatic carbocycles. The van der Waals surface area contributed by atoms with Gasteiger partial charge < -0.3 is 14.3 Å². The average Bonchev–Trinajstić information content (AvgIpc) is 2.85. The van der Waals surface area contributed by atoms with Crippen molar-refractivity contribution in [1.82, 2.24) is 4.98 Å². The Balaban J connectivity index is 1.95. The summed E-state index contributed by atoms with van der Waals surface area (Å²) in [4.78, 5) is 14.7. The van der Waals surface area contributed by atoms with E-state index in [1.54, 1.807) is 18.3 Å². The molecule has 1 N–H and O–H groups in total. The van der Waals surface area contributed by atoms with Crippen LogP contribution >= 0.6 is 8.58 Å². The molecular formula is C12H12NO4P. The van der Waals surface area contributed by atoms with Gasteiger partial charge in [0, 0.05) is 0 Å². The summed E-state index contributed by atoms with van der Waals surface area (Å²) >= 11 is 0. The number of carboxylic acids is 1. The Morgan fingerprint density at radius 3 is 2.72 bits per heavy atom. The van der Waals surface area contributed by atoms with Crippen LogP contribution in [0.4, 0.5) is 0 Å². The smallest absolute Gasteiger partial charge is 0.335 e. The van der Waals surface area contributed by atoms with Gasteiger partial charge in [0.05, 0.1) is 11.8 Å². The van der Waals surface area contributed by atoms with E-state index in [1.165, 1.54) is 12.1 Å². The van der Waals surface area contributed by atoms with Crippen molar-refractivity contribution in [1.29, 1.82) is 0 Å². The second kappa shape index (κ2) is 5.65. The Kier molecular flexibility index (Phi) is 3.95. The first kappa shape index (κ1) is 12.6. The summed E-state index contributed by atoms with van der Waals surface area (Å²) < 4.78 is 10.9. The zero-order valence-electron chi connectivity index (χ0n) is 9.71. The number of hydrogen-bond donors (Lipinski definition) is 1. The molecular weight excluding hydrogens is 253 g/mol. The molecule has 2 rings (SSSR count). The number of carbonyl (C=O) groups is 1. The monoisotopic (exact) mass is 265 g/mol. The molecule has 1 heterocycles. The lowest BCUT2D eigenvalue weighted by molar-refractivity contribution is 0.0697. The molecule has 1 unspecified atom stereocenters. The van der Waals surface area contributed by atoms with Crippen LogP contribution in [0.1, 0.15) is 16.1 Å². The highest BCUT2D eigenvalue weighted by Crippen LogP contribution is 2.14. The third kappa shape index (κ3) is 3.08. The van der Waals surface area contributed by atoms with Crippen LogP contribution in [-0.4, -0.2) is 22.7 Å².